The molecular formula is C22H25F5N4O6. The summed E-state index contributed by atoms with van der Waals surface area (Å²) in [6, 6.07) is 3.78. The molecule has 3 rings (SSSR count). The van der Waals surface area contributed by atoms with E-state index in [1.54, 1.807) is 6.92 Å². The van der Waals surface area contributed by atoms with E-state index in [4.69, 9.17) is 15.6 Å². The molecule has 0 bridgehead atoms. The molecule has 204 valence electrons. The van der Waals surface area contributed by atoms with Gasteiger partial charge in [0.15, 0.2) is 17.1 Å². The Morgan fingerprint density at radius 3 is 2.38 bits per heavy atom. The van der Waals surface area contributed by atoms with E-state index in [1.165, 1.54) is 29.3 Å². The fourth-order valence-corrected chi connectivity index (χ4v) is 3.57. The van der Waals surface area contributed by atoms with Crippen molar-refractivity contribution in [3.8, 4) is 11.3 Å². The van der Waals surface area contributed by atoms with Crippen LogP contribution < -0.4 is 5.73 Å². The molecule has 1 aromatic heterocycles. The lowest BCUT2D eigenvalue weighted by Gasteiger charge is -2.26. The monoisotopic (exact) mass is 536 g/mol. The standard InChI is InChI=1S/C20H24F2N4O4.C2HF3O2/c1-11-4-5-12(20(30,10-28)19(21)22)7-14(11)15-8-24-17(23)16(25-15)18(29)26-6-2-3-13(26)9-27;3-2(4,5)1(6)7/h4-5,7-8,13,19,27-28,30H,2-3,6,9-10H2,1H3,(H2,23,24);(H,6,7)/t13-,20-;/m1./s1. The van der Waals surface area contributed by atoms with Crippen LogP contribution in [0, 0.1) is 6.92 Å². The van der Waals surface area contributed by atoms with Gasteiger partial charge in [-0.25, -0.2) is 23.5 Å². The number of anilines is 1. The normalized spacial score (nSPS) is 17.2. The number of carbonyl (C=O) groups is 2. The van der Waals surface area contributed by atoms with Crippen molar-refractivity contribution in [2.75, 3.05) is 25.5 Å². The number of nitrogens with zero attached hydrogens (tertiary/aromatic N) is 3. The molecule has 1 aliphatic rings. The maximum atomic E-state index is 13.3. The Bertz CT molecular complexity index is 1130. The van der Waals surface area contributed by atoms with Gasteiger partial charge in [-0.1, -0.05) is 12.1 Å². The molecule has 2 aromatic rings. The van der Waals surface area contributed by atoms with Crippen molar-refractivity contribution in [2.45, 2.75) is 44.0 Å². The first-order valence-corrected chi connectivity index (χ1v) is 10.7. The number of carboxylic acid groups (broad SMARTS) is 1. The third-order valence-electron chi connectivity index (χ3n) is 5.71. The molecule has 1 aromatic carbocycles. The van der Waals surface area contributed by atoms with E-state index in [-0.39, 0.29) is 35.4 Å². The molecule has 1 aliphatic heterocycles. The van der Waals surface area contributed by atoms with Crippen LogP contribution in [-0.4, -0.2) is 85.6 Å². The van der Waals surface area contributed by atoms with Gasteiger partial charge in [0, 0.05) is 12.1 Å². The SMILES string of the molecule is Cc1ccc([C@](O)(CO)C(F)F)cc1-c1cnc(N)c(C(=O)N2CCC[C@@H]2CO)n1.O=C(O)C(F)(F)F. The Labute approximate surface area is 207 Å². The van der Waals surface area contributed by atoms with Crippen LogP contribution in [0.2, 0.25) is 0 Å². The Kier molecular flexibility index (Phi) is 9.46. The summed E-state index contributed by atoms with van der Waals surface area (Å²) in [5.74, 6) is -3.31. The molecule has 6 N–H and O–H groups in total. The molecule has 0 aliphatic carbocycles. The zero-order chi connectivity index (χ0) is 28.1. The van der Waals surface area contributed by atoms with E-state index in [0.717, 1.165) is 6.42 Å². The van der Waals surface area contributed by atoms with Gasteiger partial charge >= 0.3 is 12.1 Å². The van der Waals surface area contributed by atoms with Crippen LogP contribution in [0.1, 0.15) is 34.5 Å². The molecule has 0 unspecified atom stereocenters. The fourth-order valence-electron chi connectivity index (χ4n) is 3.57. The molecule has 0 saturated carbocycles. The number of benzene rings is 1. The van der Waals surface area contributed by atoms with Crippen LogP contribution in [0.4, 0.5) is 27.8 Å². The van der Waals surface area contributed by atoms with E-state index < -0.39 is 36.7 Å². The van der Waals surface area contributed by atoms with Crippen molar-refractivity contribution in [3.63, 3.8) is 0 Å². The summed E-state index contributed by atoms with van der Waals surface area (Å²) < 4.78 is 58.4. The average Bonchev–Trinajstić information content (AvgIpc) is 3.32. The molecule has 0 spiro atoms. The third-order valence-corrected chi connectivity index (χ3v) is 5.71. The second-order valence-electron chi connectivity index (χ2n) is 8.18. The average molecular weight is 536 g/mol. The van der Waals surface area contributed by atoms with Gasteiger partial charge < -0.3 is 31.1 Å². The van der Waals surface area contributed by atoms with Gasteiger partial charge in [0.05, 0.1) is 31.1 Å². The summed E-state index contributed by atoms with van der Waals surface area (Å²) in [7, 11) is 0. The van der Waals surface area contributed by atoms with Crippen molar-refractivity contribution in [3.05, 3.63) is 41.2 Å². The highest BCUT2D eigenvalue weighted by Crippen LogP contribution is 2.33. The van der Waals surface area contributed by atoms with Gasteiger partial charge in [-0.15, -0.1) is 0 Å². The highest BCUT2D eigenvalue weighted by Gasteiger charge is 2.40. The number of aliphatic hydroxyl groups is 3. The van der Waals surface area contributed by atoms with Crippen molar-refractivity contribution in [1.29, 1.82) is 0 Å². The molecule has 0 radical (unpaired) electrons. The van der Waals surface area contributed by atoms with Crippen LogP contribution >= 0.6 is 0 Å². The minimum Gasteiger partial charge on any atom is -0.475 e. The molecule has 2 atom stereocenters. The molecule has 2 heterocycles. The third kappa shape index (κ3) is 6.67. The number of aromatic nitrogens is 2. The van der Waals surface area contributed by atoms with E-state index in [0.29, 0.717) is 24.1 Å². The summed E-state index contributed by atoms with van der Waals surface area (Å²) in [6.45, 7) is 0.832. The Hall–Kier alpha value is -3.43. The highest BCUT2D eigenvalue weighted by molar-refractivity contribution is 5.97. The number of halogens is 5. The number of hydrogen-bond donors (Lipinski definition) is 5. The number of aliphatic carboxylic acids is 1. The lowest BCUT2D eigenvalue weighted by molar-refractivity contribution is -0.192. The number of alkyl halides is 5. The van der Waals surface area contributed by atoms with Crippen LogP contribution in [0.3, 0.4) is 0 Å². The first-order chi connectivity index (χ1) is 17.2. The number of nitrogen functional groups attached to an aromatic ring is 1. The minimum absolute atomic E-state index is 0.0828. The van der Waals surface area contributed by atoms with Gasteiger partial charge in [-0.05, 0) is 37.0 Å². The lowest BCUT2D eigenvalue weighted by atomic mass is 9.91. The summed E-state index contributed by atoms with van der Waals surface area (Å²) in [4.78, 5) is 31.7. The smallest absolute Gasteiger partial charge is 0.475 e. The molecule has 15 heteroatoms. The predicted octanol–water partition coefficient (Wildman–Crippen LogP) is 1.71. The number of carbonyl (C=O) groups excluding carboxylic acids is 1. The maximum absolute atomic E-state index is 13.3. The molecule has 1 fully saturated rings. The number of carboxylic acids is 1. The van der Waals surface area contributed by atoms with Crippen molar-refractivity contribution in [2.24, 2.45) is 0 Å². The van der Waals surface area contributed by atoms with Crippen LogP contribution in [0.5, 0.6) is 0 Å². The maximum Gasteiger partial charge on any atom is 0.490 e. The Balaban J connectivity index is 0.000000604. The van der Waals surface area contributed by atoms with Crippen LogP contribution in [-0.2, 0) is 10.4 Å². The zero-order valence-electron chi connectivity index (χ0n) is 19.4. The largest absolute Gasteiger partial charge is 0.490 e. The second kappa shape index (κ2) is 11.7. The van der Waals surface area contributed by atoms with Gasteiger partial charge in [0.1, 0.15) is 0 Å². The van der Waals surface area contributed by atoms with E-state index in [1.807, 2.05) is 0 Å². The fraction of sp³-hybridized carbons (Fsp3) is 0.455. The summed E-state index contributed by atoms with van der Waals surface area (Å²) >= 11 is 0. The number of hydrogen-bond acceptors (Lipinski definition) is 8. The number of amides is 1. The molecule has 1 saturated heterocycles. The van der Waals surface area contributed by atoms with Crippen LogP contribution in [0.15, 0.2) is 24.4 Å². The number of likely N-dealkylation sites (tertiary alicyclic amines) is 1. The quantitative estimate of drug-likeness (QED) is 0.345. The molecule has 37 heavy (non-hydrogen) atoms. The topological polar surface area (TPSA) is 170 Å². The molecule has 1 amide bonds. The number of aliphatic hydroxyl groups excluding tert-OH is 2. The Morgan fingerprint density at radius 2 is 1.86 bits per heavy atom. The molecule has 10 nitrogen and oxygen atoms in total. The van der Waals surface area contributed by atoms with Gasteiger partial charge in [0.2, 0.25) is 0 Å². The molecular weight excluding hydrogens is 511 g/mol. The van der Waals surface area contributed by atoms with Crippen molar-refractivity contribution >= 4 is 17.7 Å². The van der Waals surface area contributed by atoms with E-state index >= 15 is 0 Å². The lowest BCUT2D eigenvalue weighted by Crippen LogP contribution is -2.38. The van der Waals surface area contributed by atoms with Crippen molar-refractivity contribution < 1.29 is 52.0 Å². The van der Waals surface area contributed by atoms with E-state index in [9.17, 15) is 42.1 Å². The first-order valence-electron chi connectivity index (χ1n) is 10.7. The summed E-state index contributed by atoms with van der Waals surface area (Å²) in [5, 5.41) is 36.1. The number of nitrogens with two attached hydrogens (primary N) is 1. The van der Waals surface area contributed by atoms with Gasteiger partial charge in [-0.2, -0.15) is 13.2 Å². The van der Waals surface area contributed by atoms with E-state index in [2.05, 4.69) is 9.97 Å². The number of aryl methyl sites for hydroxylation is 1. The van der Waals surface area contributed by atoms with Gasteiger partial charge in [0.25, 0.3) is 12.3 Å². The second-order valence-corrected chi connectivity index (χ2v) is 8.18. The summed E-state index contributed by atoms with van der Waals surface area (Å²) in [6.07, 6.45) is -5.56. The van der Waals surface area contributed by atoms with Crippen LogP contribution in [0.25, 0.3) is 11.3 Å². The first kappa shape index (κ1) is 29.8. The Morgan fingerprint density at radius 1 is 1.24 bits per heavy atom. The van der Waals surface area contributed by atoms with Gasteiger partial charge in [-0.3, -0.25) is 4.79 Å². The number of rotatable bonds is 6. The minimum atomic E-state index is -5.08. The predicted molar refractivity (Wildman–Crippen MR) is 118 cm³/mol. The van der Waals surface area contributed by atoms with Crippen molar-refractivity contribution in [1.82, 2.24) is 14.9 Å². The summed E-state index contributed by atoms with van der Waals surface area (Å²) in [5.41, 5.74) is 4.07. The zero-order valence-corrected chi connectivity index (χ0v) is 19.4. The highest BCUT2D eigenvalue weighted by atomic mass is 19.4.